The van der Waals surface area contributed by atoms with Gasteiger partial charge in [0.25, 0.3) is 0 Å². The third kappa shape index (κ3) is 2.87. The lowest BCUT2D eigenvalue weighted by Crippen LogP contribution is -2.20. The standard InChI is InChI=1S/C15H20O2/c1-11-8-13(10-16)9-12(2)15(11)17-14-6-4-3-5-7-14/h8-10,14H,3-7H2,1-2H3. The summed E-state index contributed by atoms with van der Waals surface area (Å²) in [6.45, 7) is 4.02. The van der Waals surface area contributed by atoms with Crippen molar-refractivity contribution in [3.05, 3.63) is 28.8 Å². The lowest BCUT2D eigenvalue weighted by molar-refractivity contribution is 0.112. The Morgan fingerprint density at radius 2 is 1.71 bits per heavy atom. The average molecular weight is 232 g/mol. The molecule has 0 aliphatic heterocycles. The Morgan fingerprint density at radius 3 is 2.24 bits per heavy atom. The van der Waals surface area contributed by atoms with E-state index in [0.717, 1.165) is 41.6 Å². The fraction of sp³-hybridized carbons (Fsp3) is 0.533. The number of carbonyl (C=O) groups excluding carboxylic acids is 1. The van der Waals surface area contributed by atoms with Gasteiger partial charge in [-0.1, -0.05) is 6.42 Å². The lowest BCUT2D eigenvalue weighted by atomic mass is 9.97. The van der Waals surface area contributed by atoms with Crippen molar-refractivity contribution in [2.75, 3.05) is 0 Å². The Labute approximate surface area is 103 Å². The van der Waals surface area contributed by atoms with Crippen LogP contribution in [0.1, 0.15) is 53.6 Å². The predicted octanol–water partition coefficient (Wildman–Crippen LogP) is 3.83. The number of rotatable bonds is 3. The summed E-state index contributed by atoms with van der Waals surface area (Å²) in [4.78, 5) is 10.8. The summed E-state index contributed by atoms with van der Waals surface area (Å²) in [5.41, 5.74) is 2.87. The summed E-state index contributed by atoms with van der Waals surface area (Å²) in [7, 11) is 0. The van der Waals surface area contributed by atoms with Gasteiger partial charge in [-0.05, 0) is 62.8 Å². The molecule has 1 aliphatic rings. The highest BCUT2D eigenvalue weighted by molar-refractivity contribution is 5.76. The molecule has 0 bridgehead atoms. The molecule has 0 unspecified atom stereocenters. The van der Waals surface area contributed by atoms with Crippen LogP contribution in [-0.4, -0.2) is 12.4 Å². The van der Waals surface area contributed by atoms with Gasteiger partial charge in [0.2, 0.25) is 0 Å². The highest BCUT2D eigenvalue weighted by Crippen LogP contribution is 2.29. The van der Waals surface area contributed by atoms with E-state index in [1.807, 2.05) is 26.0 Å². The minimum Gasteiger partial charge on any atom is -0.490 e. The topological polar surface area (TPSA) is 26.3 Å². The van der Waals surface area contributed by atoms with Crippen molar-refractivity contribution in [3.8, 4) is 5.75 Å². The molecule has 0 atom stereocenters. The third-order valence-corrected chi connectivity index (χ3v) is 3.46. The van der Waals surface area contributed by atoms with Crippen LogP contribution in [0.15, 0.2) is 12.1 Å². The number of benzene rings is 1. The Morgan fingerprint density at radius 1 is 1.12 bits per heavy atom. The Balaban J connectivity index is 2.17. The maximum absolute atomic E-state index is 10.8. The molecular formula is C15H20O2. The Hall–Kier alpha value is -1.31. The number of hydrogen-bond donors (Lipinski definition) is 0. The summed E-state index contributed by atoms with van der Waals surface area (Å²) in [6, 6.07) is 3.80. The van der Waals surface area contributed by atoms with Crippen LogP contribution in [0.3, 0.4) is 0 Å². The first-order chi connectivity index (χ1) is 8.20. The second-order valence-electron chi connectivity index (χ2n) is 4.98. The molecule has 17 heavy (non-hydrogen) atoms. The van der Waals surface area contributed by atoms with Gasteiger partial charge in [0.1, 0.15) is 12.0 Å². The van der Waals surface area contributed by atoms with Crippen molar-refractivity contribution < 1.29 is 9.53 Å². The van der Waals surface area contributed by atoms with E-state index < -0.39 is 0 Å². The van der Waals surface area contributed by atoms with Gasteiger partial charge in [-0.3, -0.25) is 4.79 Å². The molecule has 2 heteroatoms. The fourth-order valence-electron chi connectivity index (χ4n) is 2.59. The quantitative estimate of drug-likeness (QED) is 0.740. The molecule has 1 saturated carbocycles. The van der Waals surface area contributed by atoms with Gasteiger partial charge in [-0.15, -0.1) is 0 Å². The van der Waals surface area contributed by atoms with Gasteiger partial charge >= 0.3 is 0 Å². The monoisotopic (exact) mass is 232 g/mol. The van der Waals surface area contributed by atoms with Crippen LogP contribution in [0.25, 0.3) is 0 Å². The normalized spacial score (nSPS) is 16.8. The fourth-order valence-corrected chi connectivity index (χ4v) is 2.59. The molecule has 1 fully saturated rings. The predicted molar refractivity (Wildman–Crippen MR) is 68.8 cm³/mol. The minimum atomic E-state index is 0.364. The van der Waals surface area contributed by atoms with E-state index in [1.165, 1.54) is 19.3 Å². The van der Waals surface area contributed by atoms with Crippen LogP contribution in [0.4, 0.5) is 0 Å². The molecule has 0 radical (unpaired) electrons. The minimum absolute atomic E-state index is 0.364. The van der Waals surface area contributed by atoms with Crippen molar-refractivity contribution in [1.82, 2.24) is 0 Å². The second-order valence-corrected chi connectivity index (χ2v) is 4.98. The number of aldehydes is 1. The number of hydrogen-bond acceptors (Lipinski definition) is 2. The van der Waals surface area contributed by atoms with E-state index in [9.17, 15) is 4.79 Å². The van der Waals surface area contributed by atoms with E-state index in [2.05, 4.69) is 0 Å². The molecule has 0 spiro atoms. The molecular weight excluding hydrogens is 212 g/mol. The van der Waals surface area contributed by atoms with Gasteiger partial charge in [0.05, 0.1) is 6.10 Å². The van der Waals surface area contributed by atoms with Gasteiger partial charge in [0, 0.05) is 5.56 Å². The van der Waals surface area contributed by atoms with Gasteiger partial charge in [0.15, 0.2) is 0 Å². The van der Waals surface area contributed by atoms with Crippen LogP contribution in [0.5, 0.6) is 5.75 Å². The zero-order chi connectivity index (χ0) is 12.3. The molecule has 0 aromatic heterocycles. The summed E-state index contributed by atoms with van der Waals surface area (Å²) in [5, 5.41) is 0. The molecule has 92 valence electrons. The summed E-state index contributed by atoms with van der Waals surface area (Å²) in [5.74, 6) is 0.975. The van der Waals surface area contributed by atoms with Crippen molar-refractivity contribution in [2.24, 2.45) is 0 Å². The smallest absolute Gasteiger partial charge is 0.150 e. The third-order valence-electron chi connectivity index (χ3n) is 3.46. The number of carbonyl (C=O) groups is 1. The van der Waals surface area contributed by atoms with E-state index in [0.29, 0.717) is 6.10 Å². The van der Waals surface area contributed by atoms with Gasteiger partial charge < -0.3 is 4.74 Å². The highest BCUT2D eigenvalue weighted by atomic mass is 16.5. The lowest BCUT2D eigenvalue weighted by Gasteiger charge is -2.25. The molecule has 0 amide bonds. The first-order valence-electron chi connectivity index (χ1n) is 6.44. The molecule has 2 rings (SSSR count). The maximum Gasteiger partial charge on any atom is 0.150 e. The Bertz CT molecular complexity index is 380. The van der Waals surface area contributed by atoms with Crippen LogP contribution in [0, 0.1) is 13.8 Å². The molecule has 2 nitrogen and oxygen atoms in total. The van der Waals surface area contributed by atoms with Crippen LogP contribution < -0.4 is 4.74 Å². The summed E-state index contributed by atoms with van der Waals surface area (Å²) >= 11 is 0. The highest BCUT2D eigenvalue weighted by Gasteiger charge is 2.17. The molecule has 1 aromatic rings. The molecule has 0 heterocycles. The number of aryl methyl sites for hydroxylation is 2. The van der Waals surface area contributed by atoms with E-state index in [1.54, 1.807) is 0 Å². The maximum atomic E-state index is 10.8. The Kier molecular flexibility index (Phi) is 3.82. The first-order valence-corrected chi connectivity index (χ1v) is 6.44. The zero-order valence-electron chi connectivity index (χ0n) is 10.7. The van der Waals surface area contributed by atoms with Crippen LogP contribution >= 0.6 is 0 Å². The van der Waals surface area contributed by atoms with E-state index in [-0.39, 0.29) is 0 Å². The largest absolute Gasteiger partial charge is 0.490 e. The molecule has 1 aromatic carbocycles. The summed E-state index contributed by atoms with van der Waals surface area (Å²) < 4.78 is 6.10. The van der Waals surface area contributed by atoms with Gasteiger partial charge in [-0.2, -0.15) is 0 Å². The SMILES string of the molecule is Cc1cc(C=O)cc(C)c1OC1CCCCC1. The van der Waals surface area contributed by atoms with E-state index in [4.69, 9.17) is 4.74 Å². The van der Waals surface area contributed by atoms with Crippen LogP contribution in [0.2, 0.25) is 0 Å². The summed E-state index contributed by atoms with van der Waals surface area (Å²) in [6.07, 6.45) is 7.46. The number of ether oxygens (including phenoxy) is 1. The molecule has 0 saturated heterocycles. The van der Waals surface area contributed by atoms with Crippen molar-refractivity contribution in [3.63, 3.8) is 0 Å². The average Bonchev–Trinajstić information content (AvgIpc) is 2.35. The van der Waals surface area contributed by atoms with Gasteiger partial charge in [-0.25, -0.2) is 0 Å². The van der Waals surface area contributed by atoms with Crippen molar-refractivity contribution >= 4 is 6.29 Å². The van der Waals surface area contributed by atoms with E-state index >= 15 is 0 Å². The van der Waals surface area contributed by atoms with Crippen LogP contribution in [-0.2, 0) is 0 Å². The first kappa shape index (κ1) is 12.2. The second kappa shape index (κ2) is 5.35. The van der Waals surface area contributed by atoms with Crippen molar-refractivity contribution in [1.29, 1.82) is 0 Å². The molecule has 0 N–H and O–H groups in total. The van der Waals surface area contributed by atoms with Crippen molar-refractivity contribution in [2.45, 2.75) is 52.1 Å². The zero-order valence-corrected chi connectivity index (χ0v) is 10.7. The molecule has 1 aliphatic carbocycles.